The molecule has 38 valence electrons. The first-order valence-corrected chi connectivity index (χ1v) is 2.69. The summed E-state index contributed by atoms with van der Waals surface area (Å²) in [5, 5.41) is 0. The molecule has 0 spiro atoms. The molecule has 0 N–H and O–H groups in total. The Morgan fingerprint density at radius 1 is 2.00 bits per heavy atom. The van der Waals surface area contributed by atoms with Gasteiger partial charge in [-0.15, -0.1) is 0 Å². The molecule has 0 aliphatic heterocycles. The molecule has 0 aromatic rings. The van der Waals surface area contributed by atoms with Gasteiger partial charge in [-0.3, -0.25) is 4.79 Å². The second kappa shape index (κ2) is 6.69. The smallest absolute Gasteiger partial charge is 1.00 e. The van der Waals surface area contributed by atoms with Crippen LogP contribution in [0.4, 0.5) is 0 Å². The summed E-state index contributed by atoms with van der Waals surface area (Å²) in [5.74, 6) is -0.0957. The van der Waals surface area contributed by atoms with Crippen molar-refractivity contribution in [2.45, 2.75) is 13.3 Å². The molecule has 0 fully saturated rings. The van der Waals surface area contributed by atoms with Crippen LogP contribution in [0.15, 0.2) is 0 Å². The van der Waals surface area contributed by atoms with Gasteiger partial charge in [0.15, 0.2) is 0 Å². The van der Waals surface area contributed by atoms with Gasteiger partial charge < -0.3 is 5.85 Å². The maximum Gasteiger partial charge on any atom is 1.00 e. The van der Waals surface area contributed by atoms with Gasteiger partial charge in [-0.05, 0) is 0 Å². The van der Waals surface area contributed by atoms with E-state index in [2.05, 4.69) is 4.43 Å². The maximum absolute atomic E-state index is 9.99. The predicted molar refractivity (Wildman–Crippen MR) is 27.4 cm³/mol. The van der Waals surface area contributed by atoms with Crippen molar-refractivity contribution >= 4 is 16.5 Å². The molecule has 0 aromatic carbocycles. The van der Waals surface area contributed by atoms with Gasteiger partial charge in [0.2, 0.25) is 10.5 Å². The molecule has 0 saturated heterocycles. The third kappa shape index (κ3) is 6.69. The first-order valence-electron chi connectivity index (χ1n) is 1.88. The molecule has 0 rings (SSSR count). The molecular formula is C3H9NaO2Si. The van der Waals surface area contributed by atoms with Crippen molar-refractivity contribution in [3.05, 3.63) is 0 Å². The minimum absolute atomic E-state index is 0. The zero-order valence-corrected chi connectivity index (χ0v) is 9.02. The summed E-state index contributed by atoms with van der Waals surface area (Å²) < 4.78 is 4.40. The largest absolute Gasteiger partial charge is 1.00 e. The molecule has 2 nitrogen and oxygen atoms in total. The van der Waals surface area contributed by atoms with E-state index < -0.39 is 0 Å². The van der Waals surface area contributed by atoms with Gasteiger partial charge in [0.25, 0.3) is 5.97 Å². The molecule has 4 heteroatoms. The van der Waals surface area contributed by atoms with Crippen LogP contribution >= 0.6 is 0 Å². The number of rotatable bonds is 1. The van der Waals surface area contributed by atoms with Crippen LogP contribution in [0.3, 0.4) is 0 Å². The molecule has 0 aliphatic carbocycles. The molecule has 0 radical (unpaired) electrons. The van der Waals surface area contributed by atoms with E-state index >= 15 is 0 Å². The van der Waals surface area contributed by atoms with Crippen LogP contribution < -0.4 is 29.6 Å². The SMILES string of the molecule is CCC(=O)O[SiH3].[H-].[Na+]. The van der Waals surface area contributed by atoms with Gasteiger partial charge in [-0.25, -0.2) is 0 Å². The minimum atomic E-state index is -0.0957. The summed E-state index contributed by atoms with van der Waals surface area (Å²) in [5.41, 5.74) is 0. The van der Waals surface area contributed by atoms with Crippen molar-refractivity contribution in [1.29, 1.82) is 0 Å². The fourth-order valence-electron chi connectivity index (χ4n) is 0.144. The van der Waals surface area contributed by atoms with Crippen molar-refractivity contribution in [3.63, 3.8) is 0 Å². The minimum Gasteiger partial charge on any atom is -1.00 e. The summed E-state index contributed by atoms with van der Waals surface area (Å²) in [6, 6.07) is 0. The zero-order valence-electron chi connectivity index (χ0n) is 6.02. The Balaban J connectivity index is -0.000000125. The topological polar surface area (TPSA) is 26.3 Å². The summed E-state index contributed by atoms with van der Waals surface area (Å²) in [6.45, 7) is 1.78. The van der Waals surface area contributed by atoms with Gasteiger partial charge in [0.1, 0.15) is 0 Å². The van der Waals surface area contributed by atoms with Gasteiger partial charge in [-0.2, -0.15) is 0 Å². The summed E-state index contributed by atoms with van der Waals surface area (Å²) >= 11 is 0. The van der Waals surface area contributed by atoms with Gasteiger partial charge in [0, 0.05) is 6.42 Å². The monoisotopic (exact) mass is 128 g/mol. The fourth-order valence-corrected chi connectivity index (χ4v) is 0.433. The molecule has 0 atom stereocenters. The summed E-state index contributed by atoms with van der Waals surface area (Å²) in [4.78, 5) is 9.99. The van der Waals surface area contributed by atoms with E-state index in [1.54, 1.807) is 6.92 Å². The first-order chi connectivity index (χ1) is 2.81. The Kier molecular flexibility index (Phi) is 10.2. The molecule has 0 bridgehead atoms. The van der Waals surface area contributed by atoms with Gasteiger partial charge in [-0.1, -0.05) is 6.92 Å². The van der Waals surface area contributed by atoms with E-state index in [1.807, 2.05) is 0 Å². The summed E-state index contributed by atoms with van der Waals surface area (Å²) in [6.07, 6.45) is 0.503. The van der Waals surface area contributed by atoms with Crippen LogP contribution in [0, 0.1) is 0 Å². The third-order valence-electron chi connectivity index (χ3n) is 0.516. The van der Waals surface area contributed by atoms with Gasteiger partial charge >= 0.3 is 29.6 Å². The fraction of sp³-hybridized carbons (Fsp3) is 0.667. The van der Waals surface area contributed by atoms with Crippen LogP contribution in [0.2, 0.25) is 0 Å². The van der Waals surface area contributed by atoms with E-state index in [-0.39, 0.29) is 37.0 Å². The molecule has 0 amide bonds. The van der Waals surface area contributed by atoms with Gasteiger partial charge in [0.05, 0.1) is 0 Å². The Morgan fingerprint density at radius 2 is 2.43 bits per heavy atom. The Hall–Kier alpha value is 0.687. The maximum atomic E-state index is 9.99. The van der Waals surface area contributed by atoms with E-state index in [1.165, 1.54) is 0 Å². The number of carbonyl (C=O) groups is 1. The van der Waals surface area contributed by atoms with E-state index in [0.717, 1.165) is 0 Å². The van der Waals surface area contributed by atoms with E-state index in [0.29, 0.717) is 16.9 Å². The van der Waals surface area contributed by atoms with E-state index in [4.69, 9.17) is 0 Å². The van der Waals surface area contributed by atoms with Crippen LogP contribution in [0.25, 0.3) is 0 Å². The standard InChI is InChI=1S/C3H8O2Si.Na.H/c1-2-3(4)5-6;;/h2H2,1,6H3;;/q;+1;-1. The van der Waals surface area contributed by atoms with Crippen LogP contribution in [0.1, 0.15) is 14.8 Å². The third-order valence-corrected chi connectivity index (χ3v) is 0.972. The summed E-state index contributed by atoms with van der Waals surface area (Å²) in [7, 11) is 0.533. The van der Waals surface area contributed by atoms with Crippen molar-refractivity contribution in [2.75, 3.05) is 0 Å². The zero-order chi connectivity index (χ0) is 4.99. The number of hydrogen-bond donors (Lipinski definition) is 0. The number of hydrogen-bond acceptors (Lipinski definition) is 2. The molecule has 0 heterocycles. The average molecular weight is 128 g/mol. The van der Waals surface area contributed by atoms with Crippen LogP contribution in [0.5, 0.6) is 0 Å². The van der Waals surface area contributed by atoms with Crippen molar-refractivity contribution in [3.8, 4) is 0 Å². The van der Waals surface area contributed by atoms with Crippen molar-refractivity contribution in [2.24, 2.45) is 0 Å². The second-order valence-corrected chi connectivity index (χ2v) is 1.34. The van der Waals surface area contributed by atoms with Crippen molar-refractivity contribution < 1.29 is 40.2 Å². The average Bonchev–Trinajstić information content (AvgIpc) is 1.65. The second-order valence-electron chi connectivity index (χ2n) is 0.930. The normalized spacial score (nSPS) is 7.00. The molecule has 0 unspecified atom stereocenters. The Morgan fingerprint density at radius 3 is 2.43 bits per heavy atom. The number of carbonyl (C=O) groups excluding carboxylic acids is 1. The molecule has 0 aliphatic rings. The van der Waals surface area contributed by atoms with Crippen LogP contribution in [-0.2, 0) is 9.22 Å². The van der Waals surface area contributed by atoms with E-state index in [9.17, 15) is 4.79 Å². The Labute approximate surface area is 69.9 Å². The molecule has 0 aromatic heterocycles. The molecule has 7 heavy (non-hydrogen) atoms. The Bertz CT molecular complexity index is 55.2. The van der Waals surface area contributed by atoms with Crippen LogP contribution in [-0.4, -0.2) is 16.5 Å². The molecular weight excluding hydrogens is 119 g/mol. The first kappa shape index (κ1) is 10.6. The predicted octanol–water partition coefficient (Wildman–Crippen LogP) is -3.66. The quantitative estimate of drug-likeness (QED) is 0.340. The van der Waals surface area contributed by atoms with Crippen molar-refractivity contribution in [1.82, 2.24) is 0 Å². The molecule has 0 saturated carbocycles.